The second kappa shape index (κ2) is 14.7. The quantitative estimate of drug-likeness (QED) is 0.129. The van der Waals surface area contributed by atoms with Crippen LogP contribution in [0.5, 0.6) is 0 Å². The number of nitrogens with one attached hydrogen (secondary N) is 2. The Morgan fingerprint density at radius 2 is 1.13 bits per heavy atom. The van der Waals surface area contributed by atoms with Crippen LogP contribution in [0.2, 0.25) is 0 Å². The predicted molar refractivity (Wildman–Crippen MR) is 177 cm³/mol. The van der Waals surface area contributed by atoms with E-state index < -0.39 is 56.5 Å². The molecule has 18 heteroatoms. The van der Waals surface area contributed by atoms with Crippen LogP contribution in [-0.4, -0.2) is 120 Å². The van der Waals surface area contributed by atoms with Crippen molar-refractivity contribution < 1.29 is 48.4 Å². The maximum absolute atomic E-state index is 12.7. The SMILES string of the molecule is COC1(OC)C(Br)=C[C@@]2(CC(C(=O)NCCCCCNC(=O)C3=NO[C@]4(C=C(Br)C(OC)(OC)[C@@H](Br)[C@@H]4O)C3)=NO2)[C@@H](O)[C@@H]1Br. The van der Waals surface area contributed by atoms with Crippen LogP contribution in [-0.2, 0) is 38.2 Å². The first-order valence-electron chi connectivity index (χ1n) is 14.0. The summed E-state index contributed by atoms with van der Waals surface area (Å²) < 4.78 is 23.0. The summed E-state index contributed by atoms with van der Waals surface area (Å²) in [6.07, 6.45) is 3.13. The number of carbonyl (C=O) groups is 2. The lowest BCUT2D eigenvalue weighted by Gasteiger charge is -2.45. The summed E-state index contributed by atoms with van der Waals surface area (Å²) in [5.41, 5.74) is -2.21. The molecule has 4 N–H and O–H groups in total. The van der Waals surface area contributed by atoms with Gasteiger partial charge in [0.15, 0.2) is 11.2 Å². The van der Waals surface area contributed by atoms with Crippen LogP contribution in [0, 0.1) is 0 Å². The summed E-state index contributed by atoms with van der Waals surface area (Å²) in [6.45, 7) is 0.775. The number of hydrogen-bond acceptors (Lipinski definition) is 12. The number of nitrogens with zero attached hydrogens (tertiary/aromatic N) is 2. The van der Waals surface area contributed by atoms with E-state index in [-0.39, 0.29) is 24.3 Å². The third-order valence-electron chi connectivity index (χ3n) is 8.39. The Labute approximate surface area is 294 Å². The predicted octanol–water partition coefficient (Wildman–Crippen LogP) is 2.23. The Hall–Kier alpha value is -0.960. The normalized spacial score (nSPS) is 33.1. The van der Waals surface area contributed by atoms with Gasteiger partial charge in [-0.3, -0.25) is 9.59 Å². The highest BCUT2D eigenvalue weighted by Crippen LogP contribution is 2.49. The van der Waals surface area contributed by atoms with Crippen molar-refractivity contribution in [3.05, 3.63) is 21.1 Å². The van der Waals surface area contributed by atoms with Crippen molar-refractivity contribution in [2.24, 2.45) is 10.3 Å². The third-order valence-corrected chi connectivity index (χ3v) is 12.2. The van der Waals surface area contributed by atoms with Gasteiger partial charge in [0, 0.05) is 54.4 Å². The summed E-state index contributed by atoms with van der Waals surface area (Å²) in [6, 6.07) is 0. The van der Waals surface area contributed by atoms with Gasteiger partial charge in [-0.15, -0.1) is 0 Å². The maximum Gasteiger partial charge on any atom is 0.269 e. The van der Waals surface area contributed by atoms with E-state index in [1.54, 1.807) is 12.2 Å². The van der Waals surface area contributed by atoms with E-state index >= 15 is 0 Å². The van der Waals surface area contributed by atoms with Crippen molar-refractivity contribution in [3.8, 4) is 0 Å². The molecule has 252 valence electrons. The van der Waals surface area contributed by atoms with Crippen molar-refractivity contribution in [1.29, 1.82) is 0 Å². The molecule has 4 rings (SSSR count). The second-order valence-electron chi connectivity index (χ2n) is 10.9. The van der Waals surface area contributed by atoms with Crippen LogP contribution >= 0.6 is 63.7 Å². The Balaban J connectivity index is 1.17. The number of alkyl halides is 2. The first-order valence-corrected chi connectivity index (χ1v) is 17.4. The minimum atomic E-state index is -1.26. The molecular formula is C27H36Br4N4O10. The van der Waals surface area contributed by atoms with Gasteiger partial charge in [-0.25, -0.2) is 0 Å². The number of oxime groups is 2. The van der Waals surface area contributed by atoms with E-state index in [1.165, 1.54) is 28.4 Å². The van der Waals surface area contributed by atoms with Crippen molar-refractivity contribution in [1.82, 2.24) is 10.6 Å². The van der Waals surface area contributed by atoms with E-state index in [4.69, 9.17) is 28.6 Å². The first-order chi connectivity index (χ1) is 21.3. The number of aliphatic hydroxyl groups excluding tert-OH is 2. The second-order valence-corrected chi connectivity index (χ2v) is 14.6. The molecule has 2 spiro atoms. The lowest BCUT2D eigenvalue weighted by atomic mass is 9.81. The molecule has 0 saturated heterocycles. The molecule has 4 aliphatic rings. The summed E-state index contributed by atoms with van der Waals surface area (Å²) in [5.74, 6) is -3.30. The van der Waals surface area contributed by atoms with Crippen molar-refractivity contribution in [2.45, 2.75) is 76.7 Å². The third kappa shape index (κ3) is 6.57. The minimum Gasteiger partial charge on any atom is -0.387 e. The molecular weight excluding hydrogens is 860 g/mol. The van der Waals surface area contributed by atoms with Crippen molar-refractivity contribution in [2.75, 3.05) is 41.5 Å². The summed E-state index contributed by atoms with van der Waals surface area (Å²) >= 11 is 13.8. The number of halogens is 4. The highest BCUT2D eigenvalue weighted by molar-refractivity contribution is 9.12. The van der Waals surface area contributed by atoms with Crippen LogP contribution < -0.4 is 10.6 Å². The van der Waals surface area contributed by atoms with Crippen LogP contribution in [0.1, 0.15) is 32.1 Å². The molecule has 2 heterocycles. The number of aliphatic hydroxyl groups is 2. The Bertz CT molecular complexity index is 1180. The number of methoxy groups -OCH3 is 4. The van der Waals surface area contributed by atoms with Gasteiger partial charge in [-0.2, -0.15) is 0 Å². The molecule has 14 nitrogen and oxygen atoms in total. The highest BCUT2D eigenvalue weighted by Gasteiger charge is 2.61. The number of hydrogen-bond donors (Lipinski definition) is 4. The number of amides is 2. The zero-order chi connectivity index (χ0) is 33.2. The van der Waals surface area contributed by atoms with Gasteiger partial charge in [0.2, 0.25) is 11.6 Å². The molecule has 0 radical (unpaired) electrons. The van der Waals surface area contributed by atoms with Gasteiger partial charge in [-0.05, 0) is 63.3 Å². The van der Waals surface area contributed by atoms with Gasteiger partial charge in [0.25, 0.3) is 11.8 Å². The number of ether oxygens (including phenoxy) is 4. The topological polar surface area (TPSA) is 179 Å². The number of unbranched alkanes of at least 4 members (excludes halogenated alkanes) is 2. The average molecular weight is 896 g/mol. The molecule has 0 bridgehead atoms. The Morgan fingerprint density at radius 1 is 0.778 bits per heavy atom. The smallest absolute Gasteiger partial charge is 0.269 e. The van der Waals surface area contributed by atoms with Crippen LogP contribution in [0.3, 0.4) is 0 Å². The Morgan fingerprint density at radius 3 is 1.47 bits per heavy atom. The summed E-state index contributed by atoms with van der Waals surface area (Å²) in [7, 11) is 5.83. The largest absolute Gasteiger partial charge is 0.387 e. The fourth-order valence-corrected chi connectivity index (χ4v) is 10.3. The molecule has 2 aliphatic carbocycles. The van der Waals surface area contributed by atoms with E-state index in [2.05, 4.69) is 84.7 Å². The van der Waals surface area contributed by atoms with Gasteiger partial charge >= 0.3 is 0 Å². The van der Waals surface area contributed by atoms with Gasteiger partial charge < -0.3 is 49.5 Å². The summed E-state index contributed by atoms with van der Waals surface area (Å²) in [4.78, 5) is 35.2. The monoisotopic (exact) mass is 892 g/mol. The molecule has 6 atom stereocenters. The molecule has 0 aromatic heterocycles. The van der Waals surface area contributed by atoms with E-state index in [9.17, 15) is 19.8 Å². The molecule has 2 aliphatic heterocycles. The molecule has 2 amide bonds. The van der Waals surface area contributed by atoms with Crippen LogP contribution in [0.15, 0.2) is 31.4 Å². The molecule has 45 heavy (non-hydrogen) atoms. The zero-order valence-electron chi connectivity index (χ0n) is 25.0. The zero-order valence-corrected chi connectivity index (χ0v) is 31.3. The van der Waals surface area contributed by atoms with Gasteiger partial charge in [0.05, 0.1) is 8.96 Å². The average Bonchev–Trinajstić information content (AvgIpc) is 3.66. The fraction of sp³-hybridized carbons (Fsp3) is 0.704. The summed E-state index contributed by atoms with van der Waals surface area (Å²) in [5, 5.41) is 35.6. The van der Waals surface area contributed by atoms with Crippen LogP contribution in [0.25, 0.3) is 0 Å². The van der Waals surface area contributed by atoms with Crippen LogP contribution in [0.4, 0.5) is 0 Å². The van der Waals surface area contributed by atoms with Gasteiger partial charge in [0.1, 0.15) is 33.3 Å². The fourth-order valence-electron chi connectivity index (χ4n) is 5.67. The Kier molecular flexibility index (Phi) is 12.0. The van der Waals surface area contributed by atoms with E-state index in [1.807, 2.05) is 0 Å². The van der Waals surface area contributed by atoms with E-state index in [0.29, 0.717) is 34.9 Å². The van der Waals surface area contributed by atoms with Crippen molar-refractivity contribution in [3.63, 3.8) is 0 Å². The molecule has 0 unspecified atom stereocenters. The lowest BCUT2D eigenvalue weighted by Crippen LogP contribution is -2.60. The van der Waals surface area contributed by atoms with E-state index in [0.717, 1.165) is 6.42 Å². The standard InChI is InChI=1S/C27H36Br4N4O10/c1-40-26(41-2)16(28)12-24(20(36)18(26)30)10-14(34-44-24)22(38)32-8-6-5-7-9-33-23(39)15-11-25(45-35-15)13-17(29)27(42-3,43-4)19(31)21(25)37/h12-13,18-21,36-37H,5-11H2,1-4H3,(H,32,38)(H,33,39)/t18-,19-,20-,21-,24-,25-/m0/s1. The minimum absolute atomic E-state index is 0.0569. The lowest BCUT2D eigenvalue weighted by molar-refractivity contribution is -0.207. The molecule has 0 aromatic rings. The van der Waals surface area contributed by atoms with Crippen molar-refractivity contribution >= 4 is 87.0 Å². The highest BCUT2D eigenvalue weighted by atomic mass is 79.9. The number of carbonyl (C=O) groups excluding carboxylic acids is 2. The first kappa shape index (κ1) is 36.9. The number of rotatable bonds is 12. The molecule has 0 aromatic carbocycles. The molecule has 0 fully saturated rings. The maximum atomic E-state index is 12.7. The molecule has 0 saturated carbocycles. The van der Waals surface area contributed by atoms with Gasteiger partial charge in [-0.1, -0.05) is 42.2 Å².